The van der Waals surface area contributed by atoms with Gasteiger partial charge in [-0.15, -0.1) is 0 Å². The number of ether oxygens (including phenoxy) is 1. The summed E-state index contributed by atoms with van der Waals surface area (Å²) >= 11 is 6.47. The van der Waals surface area contributed by atoms with Crippen LogP contribution < -0.4 is 15.0 Å². The van der Waals surface area contributed by atoms with Crippen molar-refractivity contribution in [3.8, 4) is 5.75 Å². The molecule has 0 saturated carbocycles. The van der Waals surface area contributed by atoms with Crippen LogP contribution in [-0.4, -0.2) is 55.2 Å². The average molecular weight is 426 g/mol. The van der Waals surface area contributed by atoms with Crippen molar-refractivity contribution in [2.45, 2.75) is 25.3 Å². The Labute approximate surface area is 182 Å². The molecule has 1 aliphatic heterocycles. The second-order valence-electron chi connectivity index (χ2n) is 7.96. The van der Waals surface area contributed by atoms with Crippen LogP contribution in [0.5, 0.6) is 5.75 Å². The minimum Gasteiger partial charge on any atom is -0.497 e. The maximum absolute atomic E-state index is 6.47. The summed E-state index contributed by atoms with van der Waals surface area (Å²) in [7, 11) is 5.88. The number of anilines is 3. The average Bonchev–Trinajstić information content (AvgIpc) is 2.75. The van der Waals surface area contributed by atoms with Crippen LogP contribution in [0.3, 0.4) is 0 Å². The summed E-state index contributed by atoms with van der Waals surface area (Å²) < 4.78 is 5.37. The zero-order valence-corrected chi connectivity index (χ0v) is 18.5. The van der Waals surface area contributed by atoms with Crippen LogP contribution in [0, 0.1) is 0 Å². The van der Waals surface area contributed by atoms with Crippen molar-refractivity contribution >= 4 is 40.0 Å². The number of hydrogen-bond acceptors (Lipinski definition) is 6. The van der Waals surface area contributed by atoms with Crippen molar-refractivity contribution in [3.63, 3.8) is 0 Å². The van der Waals surface area contributed by atoms with Gasteiger partial charge in [0.2, 0.25) is 0 Å². The molecule has 1 aromatic heterocycles. The molecule has 1 N–H and O–H groups in total. The first-order valence-corrected chi connectivity index (χ1v) is 10.7. The lowest BCUT2D eigenvalue weighted by molar-refractivity contribution is 0.327. The van der Waals surface area contributed by atoms with Gasteiger partial charge in [0.25, 0.3) is 0 Å². The number of aromatic nitrogens is 2. The van der Waals surface area contributed by atoms with E-state index in [0.717, 1.165) is 60.0 Å². The number of piperidine rings is 1. The summed E-state index contributed by atoms with van der Waals surface area (Å²) in [5, 5.41) is 4.05. The third-order valence-electron chi connectivity index (χ3n) is 5.45. The molecule has 30 heavy (non-hydrogen) atoms. The van der Waals surface area contributed by atoms with Gasteiger partial charge in [0.05, 0.1) is 28.9 Å². The zero-order valence-electron chi connectivity index (χ0n) is 17.7. The molecule has 158 valence electrons. The first kappa shape index (κ1) is 20.7. The Kier molecular flexibility index (Phi) is 6.25. The minimum atomic E-state index is 0.394. The largest absolute Gasteiger partial charge is 0.497 e. The lowest BCUT2D eigenvalue weighted by Gasteiger charge is -2.38. The molecule has 0 bridgehead atoms. The Balaban J connectivity index is 1.79. The standard InChI is InChI=1S/C23H28ClN5O/c1-28(2)15-16-8-6-7-13-29(16)23-22(25-19-9-4-5-10-20(19)27-23)26-21-14-17(30-3)11-12-18(21)24/h4-5,9-12,14,16H,6-8,13,15H2,1-3H3,(H,25,26). The van der Waals surface area contributed by atoms with E-state index in [-0.39, 0.29) is 0 Å². The van der Waals surface area contributed by atoms with Crippen molar-refractivity contribution in [3.05, 3.63) is 47.5 Å². The maximum Gasteiger partial charge on any atom is 0.174 e. The lowest BCUT2D eigenvalue weighted by atomic mass is 10.0. The second kappa shape index (κ2) is 9.06. The van der Waals surface area contributed by atoms with Crippen LogP contribution in [0.4, 0.5) is 17.3 Å². The summed E-state index contributed by atoms with van der Waals surface area (Å²) in [6.07, 6.45) is 3.53. The van der Waals surface area contributed by atoms with Crippen LogP contribution >= 0.6 is 11.6 Å². The molecule has 7 heteroatoms. The molecule has 2 heterocycles. The van der Waals surface area contributed by atoms with Gasteiger partial charge in [-0.1, -0.05) is 23.7 Å². The maximum atomic E-state index is 6.47. The van der Waals surface area contributed by atoms with Gasteiger partial charge in [0, 0.05) is 25.2 Å². The summed E-state index contributed by atoms with van der Waals surface area (Å²) in [5.74, 6) is 2.33. The SMILES string of the molecule is COc1ccc(Cl)c(Nc2nc3ccccc3nc2N2CCCCC2CN(C)C)c1. The summed E-state index contributed by atoms with van der Waals surface area (Å²) in [6, 6.07) is 13.9. The predicted octanol–water partition coefficient (Wildman–Crippen LogP) is 4.96. The molecule has 1 aliphatic rings. The Hall–Kier alpha value is -2.57. The highest BCUT2D eigenvalue weighted by Crippen LogP contribution is 2.35. The molecule has 0 radical (unpaired) electrons. The van der Waals surface area contributed by atoms with Crippen molar-refractivity contribution in [1.82, 2.24) is 14.9 Å². The molecule has 0 spiro atoms. The Morgan fingerprint density at radius 3 is 2.63 bits per heavy atom. The Bertz CT molecular complexity index is 1030. The van der Waals surface area contributed by atoms with Crippen LogP contribution in [0.2, 0.25) is 5.02 Å². The number of halogens is 1. The normalized spacial score (nSPS) is 16.8. The minimum absolute atomic E-state index is 0.394. The molecule has 0 aliphatic carbocycles. The monoisotopic (exact) mass is 425 g/mol. The quantitative estimate of drug-likeness (QED) is 0.602. The third-order valence-corrected chi connectivity index (χ3v) is 5.78. The number of rotatable bonds is 6. The van der Waals surface area contributed by atoms with E-state index < -0.39 is 0 Å². The van der Waals surface area contributed by atoms with E-state index in [4.69, 9.17) is 26.3 Å². The van der Waals surface area contributed by atoms with Crippen molar-refractivity contribution < 1.29 is 4.74 Å². The molecule has 0 amide bonds. The highest BCUT2D eigenvalue weighted by molar-refractivity contribution is 6.33. The molecule has 1 saturated heterocycles. The van der Waals surface area contributed by atoms with E-state index in [1.165, 1.54) is 6.42 Å². The molecule has 3 aromatic rings. The van der Waals surface area contributed by atoms with Crippen LogP contribution in [0.1, 0.15) is 19.3 Å². The van der Waals surface area contributed by atoms with Gasteiger partial charge < -0.3 is 19.9 Å². The number of methoxy groups -OCH3 is 1. The van der Waals surface area contributed by atoms with Crippen LogP contribution in [0.15, 0.2) is 42.5 Å². The Morgan fingerprint density at radius 1 is 1.13 bits per heavy atom. The number of hydrogen-bond donors (Lipinski definition) is 1. The van der Waals surface area contributed by atoms with Gasteiger partial charge in [-0.2, -0.15) is 0 Å². The predicted molar refractivity (Wildman–Crippen MR) is 124 cm³/mol. The van der Waals surface area contributed by atoms with E-state index in [9.17, 15) is 0 Å². The molecular weight excluding hydrogens is 398 g/mol. The van der Waals surface area contributed by atoms with E-state index >= 15 is 0 Å². The molecule has 6 nitrogen and oxygen atoms in total. The molecular formula is C23H28ClN5O. The number of nitrogens with one attached hydrogen (secondary N) is 1. The Morgan fingerprint density at radius 2 is 1.90 bits per heavy atom. The fraction of sp³-hybridized carbons (Fsp3) is 0.391. The van der Waals surface area contributed by atoms with E-state index in [1.54, 1.807) is 7.11 Å². The van der Waals surface area contributed by atoms with Crippen molar-refractivity contribution in [1.29, 1.82) is 0 Å². The van der Waals surface area contributed by atoms with E-state index in [1.807, 2.05) is 42.5 Å². The fourth-order valence-corrected chi connectivity index (χ4v) is 4.19. The summed E-state index contributed by atoms with van der Waals surface area (Å²) in [6.45, 7) is 1.94. The summed E-state index contributed by atoms with van der Waals surface area (Å²) in [5.41, 5.74) is 2.50. The molecule has 4 rings (SSSR count). The van der Waals surface area contributed by atoms with Gasteiger partial charge in [0.1, 0.15) is 5.75 Å². The van der Waals surface area contributed by atoms with Crippen molar-refractivity contribution in [2.24, 2.45) is 0 Å². The third kappa shape index (κ3) is 4.45. The van der Waals surface area contributed by atoms with Gasteiger partial charge in [-0.3, -0.25) is 0 Å². The lowest BCUT2D eigenvalue weighted by Crippen LogP contribution is -2.46. The zero-order chi connectivity index (χ0) is 21.1. The number of fused-ring (bicyclic) bond motifs is 1. The van der Waals surface area contributed by atoms with Gasteiger partial charge in [-0.05, 0) is 57.6 Å². The second-order valence-corrected chi connectivity index (χ2v) is 8.37. The van der Waals surface area contributed by atoms with Gasteiger partial charge in [-0.25, -0.2) is 9.97 Å². The molecule has 1 atom stereocenters. The summed E-state index contributed by atoms with van der Waals surface area (Å²) in [4.78, 5) is 14.6. The van der Waals surface area contributed by atoms with Crippen molar-refractivity contribution in [2.75, 3.05) is 44.5 Å². The first-order valence-electron chi connectivity index (χ1n) is 10.3. The molecule has 1 unspecified atom stereocenters. The van der Waals surface area contributed by atoms with Crippen LogP contribution in [-0.2, 0) is 0 Å². The smallest absolute Gasteiger partial charge is 0.174 e. The molecule has 2 aromatic carbocycles. The van der Waals surface area contributed by atoms with Crippen LogP contribution in [0.25, 0.3) is 11.0 Å². The number of benzene rings is 2. The van der Waals surface area contributed by atoms with E-state index in [0.29, 0.717) is 11.1 Å². The van der Waals surface area contributed by atoms with Gasteiger partial charge in [0.15, 0.2) is 11.6 Å². The number of nitrogens with zero attached hydrogens (tertiary/aromatic N) is 4. The number of likely N-dealkylation sites (N-methyl/N-ethyl adjacent to an activating group) is 1. The fourth-order valence-electron chi connectivity index (χ4n) is 4.02. The highest BCUT2D eigenvalue weighted by Gasteiger charge is 2.27. The van der Waals surface area contributed by atoms with E-state index in [2.05, 4.69) is 29.2 Å². The molecule has 1 fully saturated rings. The first-order chi connectivity index (χ1) is 14.5. The number of para-hydroxylation sites is 2. The van der Waals surface area contributed by atoms with Gasteiger partial charge >= 0.3 is 0 Å². The topological polar surface area (TPSA) is 53.5 Å². The highest BCUT2D eigenvalue weighted by atomic mass is 35.5.